The van der Waals surface area contributed by atoms with E-state index in [2.05, 4.69) is 5.10 Å². The van der Waals surface area contributed by atoms with Crippen LogP contribution in [0.15, 0.2) is 6.07 Å². The van der Waals surface area contributed by atoms with Crippen LogP contribution < -0.4 is 0 Å². The van der Waals surface area contributed by atoms with Crippen molar-refractivity contribution >= 4 is 11.9 Å². The van der Waals surface area contributed by atoms with Gasteiger partial charge in [-0.3, -0.25) is 9.48 Å². The second kappa shape index (κ2) is 4.77. The molecule has 0 saturated carbocycles. The van der Waals surface area contributed by atoms with Crippen molar-refractivity contribution in [3.63, 3.8) is 0 Å². The molecule has 0 radical (unpaired) electrons. The topological polar surface area (TPSA) is 84.7 Å². The van der Waals surface area contributed by atoms with Gasteiger partial charge >= 0.3 is 5.97 Å². The van der Waals surface area contributed by atoms with Gasteiger partial charge in [-0.05, 0) is 13.0 Å². The number of nitrogens with zero attached hydrogens (tertiary/aromatic N) is 3. The summed E-state index contributed by atoms with van der Waals surface area (Å²) >= 11 is 0. The van der Waals surface area contributed by atoms with Crippen LogP contribution in [0.3, 0.4) is 0 Å². The summed E-state index contributed by atoms with van der Waals surface area (Å²) in [6.07, 6.45) is -0.951. The van der Waals surface area contributed by atoms with E-state index in [4.69, 9.17) is 9.84 Å². The SMILES string of the molecule is Cc1cc(C(=O)N2CCOC(C(=O)O)C2)nn1C. The lowest BCUT2D eigenvalue weighted by Gasteiger charge is -2.30. The Morgan fingerprint density at radius 3 is 2.83 bits per heavy atom. The Morgan fingerprint density at radius 2 is 2.28 bits per heavy atom. The number of amides is 1. The summed E-state index contributed by atoms with van der Waals surface area (Å²) in [4.78, 5) is 24.4. The number of aliphatic carboxylic acids is 1. The first kappa shape index (κ1) is 12.6. The highest BCUT2D eigenvalue weighted by Gasteiger charge is 2.30. The summed E-state index contributed by atoms with van der Waals surface area (Å²) in [7, 11) is 1.76. The predicted octanol–water partition coefficient (Wildman–Crippen LogP) is -0.346. The summed E-state index contributed by atoms with van der Waals surface area (Å²) in [6, 6.07) is 1.69. The minimum atomic E-state index is -1.05. The molecule has 0 aliphatic carbocycles. The van der Waals surface area contributed by atoms with Crippen molar-refractivity contribution in [2.24, 2.45) is 7.05 Å². The lowest BCUT2D eigenvalue weighted by Crippen LogP contribution is -2.48. The Balaban J connectivity index is 2.11. The van der Waals surface area contributed by atoms with Crippen molar-refractivity contribution in [2.75, 3.05) is 19.7 Å². The fourth-order valence-electron chi connectivity index (χ4n) is 1.81. The van der Waals surface area contributed by atoms with E-state index in [0.717, 1.165) is 5.69 Å². The van der Waals surface area contributed by atoms with Crippen LogP contribution in [0.1, 0.15) is 16.2 Å². The summed E-state index contributed by atoms with van der Waals surface area (Å²) in [6.45, 7) is 2.53. The third-order valence-corrected chi connectivity index (χ3v) is 2.96. The smallest absolute Gasteiger partial charge is 0.334 e. The Morgan fingerprint density at radius 1 is 1.56 bits per heavy atom. The molecule has 1 unspecified atom stereocenters. The fraction of sp³-hybridized carbons (Fsp3) is 0.545. The average Bonchev–Trinajstić information content (AvgIpc) is 2.69. The van der Waals surface area contributed by atoms with Gasteiger partial charge in [-0.15, -0.1) is 0 Å². The highest BCUT2D eigenvalue weighted by Crippen LogP contribution is 2.11. The molecule has 1 amide bonds. The Hall–Kier alpha value is -1.89. The predicted molar refractivity (Wildman–Crippen MR) is 61.2 cm³/mol. The molecule has 0 aromatic carbocycles. The zero-order valence-corrected chi connectivity index (χ0v) is 10.3. The van der Waals surface area contributed by atoms with Gasteiger partial charge in [-0.2, -0.15) is 5.10 Å². The van der Waals surface area contributed by atoms with Gasteiger partial charge in [0, 0.05) is 19.3 Å². The Bertz CT molecular complexity index is 463. The van der Waals surface area contributed by atoms with Crippen molar-refractivity contribution in [1.29, 1.82) is 0 Å². The maximum absolute atomic E-state index is 12.1. The molecule has 1 aliphatic rings. The number of carboxylic acid groups (broad SMARTS) is 1. The van der Waals surface area contributed by atoms with Crippen LogP contribution in [0.2, 0.25) is 0 Å². The standard InChI is InChI=1S/C11H15N3O4/c1-7-5-8(12-13(7)2)10(15)14-3-4-18-9(6-14)11(16)17/h5,9H,3-4,6H2,1-2H3,(H,16,17). The molecule has 2 heterocycles. The molecule has 1 N–H and O–H groups in total. The highest BCUT2D eigenvalue weighted by molar-refractivity contribution is 5.92. The van der Waals surface area contributed by atoms with Gasteiger partial charge in [-0.25, -0.2) is 4.79 Å². The van der Waals surface area contributed by atoms with Crippen molar-refractivity contribution in [3.8, 4) is 0 Å². The Kier molecular flexibility index (Phi) is 3.33. The van der Waals surface area contributed by atoms with Crippen molar-refractivity contribution < 1.29 is 19.4 Å². The maximum Gasteiger partial charge on any atom is 0.334 e. The average molecular weight is 253 g/mol. The second-order valence-corrected chi connectivity index (χ2v) is 4.24. The van der Waals surface area contributed by atoms with Crippen LogP contribution >= 0.6 is 0 Å². The van der Waals surface area contributed by atoms with Gasteiger partial charge < -0.3 is 14.7 Å². The van der Waals surface area contributed by atoms with Gasteiger partial charge in [0.2, 0.25) is 0 Å². The van der Waals surface area contributed by atoms with E-state index in [1.807, 2.05) is 6.92 Å². The third-order valence-electron chi connectivity index (χ3n) is 2.96. The molecule has 1 saturated heterocycles. The number of aryl methyl sites for hydroxylation is 2. The minimum Gasteiger partial charge on any atom is -0.479 e. The molecule has 18 heavy (non-hydrogen) atoms. The van der Waals surface area contributed by atoms with E-state index < -0.39 is 12.1 Å². The number of carbonyl (C=O) groups is 2. The molecule has 98 valence electrons. The summed E-state index contributed by atoms with van der Waals surface area (Å²) < 4.78 is 6.68. The molecule has 0 bridgehead atoms. The first-order valence-electron chi connectivity index (χ1n) is 5.63. The van der Waals surface area contributed by atoms with Crippen LogP contribution in [0, 0.1) is 6.92 Å². The minimum absolute atomic E-state index is 0.0593. The Labute approximate surface area is 104 Å². The number of hydrogen-bond donors (Lipinski definition) is 1. The summed E-state index contributed by atoms with van der Waals surface area (Å²) in [5.74, 6) is -1.31. The van der Waals surface area contributed by atoms with Gasteiger partial charge in [0.1, 0.15) is 0 Å². The van der Waals surface area contributed by atoms with Crippen LogP contribution in [0.25, 0.3) is 0 Å². The molecule has 1 aromatic rings. The molecule has 1 aromatic heterocycles. The zero-order chi connectivity index (χ0) is 13.3. The van der Waals surface area contributed by atoms with Gasteiger partial charge in [0.05, 0.1) is 13.2 Å². The first-order valence-corrected chi connectivity index (χ1v) is 5.63. The van der Waals surface area contributed by atoms with Crippen LogP contribution in [-0.2, 0) is 16.6 Å². The number of carbonyl (C=O) groups excluding carboxylic acids is 1. The molecule has 7 heteroatoms. The van der Waals surface area contributed by atoms with Gasteiger partial charge in [0.15, 0.2) is 11.8 Å². The number of ether oxygens (including phenoxy) is 1. The lowest BCUT2D eigenvalue weighted by molar-refractivity contribution is -0.154. The van der Waals surface area contributed by atoms with E-state index >= 15 is 0 Å². The number of morpholine rings is 1. The molecular formula is C11H15N3O4. The molecule has 1 aliphatic heterocycles. The maximum atomic E-state index is 12.1. The van der Waals surface area contributed by atoms with Gasteiger partial charge in [0.25, 0.3) is 5.91 Å². The van der Waals surface area contributed by atoms with Gasteiger partial charge in [-0.1, -0.05) is 0 Å². The molecule has 7 nitrogen and oxygen atoms in total. The van der Waals surface area contributed by atoms with E-state index in [-0.39, 0.29) is 19.1 Å². The monoisotopic (exact) mass is 253 g/mol. The molecule has 1 atom stereocenters. The quantitative estimate of drug-likeness (QED) is 0.779. The number of hydrogen-bond acceptors (Lipinski definition) is 4. The number of rotatable bonds is 2. The normalized spacial score (nSPS) is 19.9. The van der Waals surface area contributed by atoms with E-state index in [1.165, 1.54) is 4.90 Å². The zero-order valence-electron chi connectivity index (χ0n) is 10.3. The lowest BCUT2D eigenvalue weighted by atomic mass is 10.2. The van der Waals surface area contributed by atoms with Crippen molar-refractivity contribution in [2.45, 2.75) is 13.0 Å². The highest BCUT2D eigenvalue weighted by atomic mass is 16.5. The van der Waals surface area contributed by atoms with Crippen molar-refractivity contribution in [3.05, 3.63) is 17.5 Å². The first-order chi connectivity index (χ1) is 8.49. The van der Waals surface area contributed by atoms with Crippen molar-refractivity contribution in [1.82, 2.24) is 14.7 Å². The number of carboxylic acids is 1. The second-order valence-electron chi connectivity index (χ2n) is 4.24. The molecular weight excluding hydrogens is 238 g/mol. The largest absolute Gasteiger partial charge is 0.479 e. The number of aromatic nitrogens is 2. The van der Waals surface area contributed by atoms with Crippen LogP contribution in [0.5, 0.6) is 0 Å². The summed E-state index contributed by atoms with van der Waals surface area (Å²) in [5, 5.41) is 13.0. The molecule has 0 spiro atoms. The van der Waals surface area contributed by atoms with Crippen LogP contribution in [-0.4, -0.2) is 57.5 Å². The summed E-state index contributed by atoms with van der Waals surface area (Å²) in [5.41, 5.74) is 1.21. The van der Waals surface area contributed by atoms with E-state index in [1.54, 1.807) is 17.8 Å². The third kappa shape index (κ3) is 2.35. The van der Waals surface area contributed by atoms with E-state index in [0.29, 0.717) is 12.2 Å². The fourth-order valence-corrected chi connectivity index (χ4v) is 1.81. The van der Waals surface area contributed by atoms with E-state index in [9.17, 15) is 9.59 Å². The molecule has 1 fully saturated rings. The van der Waals surface area contributed by atoms with Crippen LogP contribution in [0.4, 0.5) is 0 Å². The molecule has 2 rings (SSSR count).